The summed E-state index contributed by atoms with van der Waals surface area (Å²) >= 11 is 0. The van der Waals surface area contributed by atoms with Crippen molar-refractivity contribution in [1.29, 1.82) is 0 Å². The lowest BCUT2D eigenvalue weighted by Crippen LogP contribution is -2.11. The van der Waals surface area contributed by atoms with E-state index in [4.69, 9.17) is 8.53 Å². The van der Waals surface area contributed by atoms with Crippen molar-refractivity contribution in [1.82, 2.24) is 0 Å². The smallest absolute Gasteiger partial charge is 0.159 e. The maximum absolute atomic E-state index is 8.55. The molecule has 0 saturated heterocycles. The van der Waals surface area contributed by atoms with Gasteiger partial charge in [0, 0.05) is 112 Å². The quantitative estimate of drug-likeness (QED) is 0.108. The Hall–Kier alpha value is -10.6. The monoisotopic (exact) mass is 1310 g/mol. The molecule has 0 spiro atoms. The molecule has 6 nitrogen and oxygen atoms in total. The van der Waals surface area contributed by atoms with Crippen LogP contribution in [0.5, 0.6) is 0 Å². The maximum atomic E-state index is 8.55. The average Bonchev–Trinajstić information content (AvgIpc) is 1.58. The topological polar surface area (TPSA) is 29.3 Å². The van der Waals surface area contributed by atoms with Gasteiger partial charge in [0.15, 0.2) is 5.58 Å². The summed E-state index contributed by atoms with van der Waals surface area (Å²) in [7, 11) is 10.4. The van der Waals surface area contributed by atoms with Gasteiger partial charge < -0.3 is 28.9 Å². The molecule has 0 N–H and O–H groups in total. The molecule has 504 valence electrons. The van der Waals surface area contributed by atoms with E-state index in [-0.39, 0.29) is 11.3 Å². The predicted molar refractivity (Wildman–Crippen MR) is 430 cm³/mol. The molecule has 12 aromatic carbocycles. The fourth-order valence-corrected chi connectivity index (χ4v) is 12.4. The molecule has 6 heteroatoms. The van der Waals surface area contributed by atoms with Crippen LogP contribution in [-0.4, -0.2) is 35.2 Å². The number of hydrogen-bond acceptors (Lipinski definition) is 6. The normalized spacial score (nSPS) is 12.8. The fourth-order valence-electron chi connectivity index (χ4n) is 12.4. The first-order valence-electron chi connectivity index (χ1n) is 36.2. The zero-order valence-electron chi connectivity index (χ0n) is 63.4. The first-order valence-corrected chi connectivity index (χ1v) is 34.7. The number of benzene rings is 12. The number of para-hydroxylation sites is 7. The number of fused-ring (bicyclic) bond motifs is 3. The zero-order chi connectivity index (χ0) is 72.6. The number of anilines is 10. The minimum Gasteiger partial charge on any atom is -0.454 e. The Morgan fingerprint density at radius 2 is 0.687 bits per heavy atom. The molecule has 0 bridgehead atoms. The Labute approximate surface area is 596 Å². The van der Waals surface area contributed by atoms with Crippen molar-refractivity contribution in [3.05, 3.63) is 337 Å². The molecule has 1 aliphatic rings. The average molecular weight is 1310 g/mol. The molecule has 0 amide bonds. The second-order valence-electron chi connectivity index (χ2n) is 27.0. The van der Waals surface area contributed by atoms with Crippen LogP contribution in [0.1, 0.15) is 124 Å². The molecule has 14 rings (SSSR count). The van der Waals surface area contributed by atoms with E-state index in [9.17, 15) is 0 Å². The Balaban J connectivity index is 0.000000141. The number of furan rings is 1. The van der Waals surface area contributed by atoms with E-state index < -0.39 is 11.8 Å². The van der Waals surface area contributed by atoms with E-state index in [1.807, 2.05) is 100 Å². The second kappa shape index (κ2) is 34.1. The number of aryl methyl sites for hydroxylation is 1. The maximum Gasteiger partial charge on any atom is 0.159 e. The highest BCUT2D eigenvalue weighted by atomic mass is 16.3. The lowest BCUT2D eigenvalue weighted by molar-refractivity contribution is 0.573. The molecule has 1 fully saturated rings. The molecule has 0 unspecified atom stereocenters. The van der Waals surface area contributed by atoms with Gasteiger partial charge in [-0.2, -0.15) is 0 Å². The third-order valence-corrected chi connectivity index (χ3v) is 18.6. The highest BCUT2D eigenvalue weighted by molar-refractivity contribution is 6.10. The largest absolute Gasteiger partial charge is 0.454 e. The Morgan fingerprint density at radius 3 is 1.09 bits per heavy atom. The summed E-state index contributed by atoms with van der Waals surface area (Å²) in [6.45, 7) is 16.4. The van der Waals surface area contributed by atoms with Gasteiger partial charge in [-0.05, 0) is 174 Å². The van der Waals surface area contributed by atoms with Gasteiger partial charge in [-0.25, -0.2) is 0 Å². The highest BCUT2D eigenvalue weighted by Crippen LogP contribution is 2.43. The molecular weight excluding hydrogens is 1200 g/mol. The summed E-state index contributed by atoms with van der Waals surface area (Å²) in [5.41, 5.74) is 21.7. The SMILES string of the molecule is CN(c1ccccc1-c1ccccc1)c1cccc2c1oc1c(C(C)(C)C)cccc12.Cc1ccc(N(C)c2ccccc2)cc1.[2H]C(C)(C)c1ccc(N(C)c2ccccc2)cc1.[2H]C(C)(C)c1ccc(N(C)c2ccccc2)cc1.[2H]C1(c2ccc(N(C)c3ccccc3)cc2)CCCC1. The molecule has 0 aliphatic heterocycles. The van der Waals surface area contributed by atoms with E-state index >= 15 is 0 Å². The summed E-state index contributed by atoms with van der Waals surface area (Å²) in [4.78, 5) is 10.9. The van der Waals surface area contributed by atoms with Crippen molar-refractivity contribution >= 4 is 78.8 Å². The number of rotatable bonds is 14. The van der Waals surface area contributed by atoms with Gasteiger partial charge in [-0.15, -0.1) is 0 Å². The van der Waals surface area contributed by atoms with Crippen LogP contribution in [0.15, 0.2) is 314 Å². The van der Waals surface area contributed by atoms with Crippen molar-refractivity contribution in [2.45, 2.75) is 104 Å². The van der Waals surface area contributed by atoms with E-state index in [0.29, 0.717) is 0 Å². The zero-order valence-corrected chi connectivity index (χ0v) is 60.4. The van der Waals surface area contributed by atoms with Crippen molar-refractivity contribution in [2.75, 3.05) is 59.7 Å². The molecule has 99 heavy (non-hydrogen) atoms. The standard InChI is InChI=1S/C29H27NO.C18H21N.2C16H19N.C14H15N/c1-29(2,3)24-17-10-15-22-23-16-11-19-26(28(23)31-27(22)24)30(4)25-18-9-8-14-21(25)20-12-6-5-7-13-20;1-19(17-9-3-2-4-10-17)18-13-11-16(12-14-18)15-7-5-6-8-15;2*1-13(2)14-9-11-16(12-10-14)17(3)15-7-5-4-6-8-15;1-12-8-10-14(11-9-12)15(2)13-6-4-3-5-7-13/h5-19H,1-4H3;2-4,9-15H,5-8H2,1H3;2*4-13H,1-3H3;3-11H,1-2H3/i;15D;2*13D;. The van der Waals surface area contributed by atoms with E-state index in [2.05, 4.69) is 324 Å². The summed E-state index contributed by atoms with van der Waals surface area (Å²) in [6, 6.07) is 107. The fraction of sp³-hybridized carbons (Fsp3) is 0.226. The second-order valence-corrected chi connectivity index (χ2v) is 27.0. The van der Waals surface area contributed by atoms with Crippen molar-refractivity contribution in [2.24, 2.45) is 0 Å². The van der Waals surface area contributed by atoms with Crippen LogP contribution < -0.4 is 24.5 Å². The van der Waals surface area contributed by atoms with Gasteiger partial charge in [0.05, 0.1) is 5.69 Å². The molecule has 1 saturated carbocycles. The summed E-state index contributed by atoms with van der Waals surface area (Å²) in [5, 5.41) is 2.33. The molecule has 1 heterocycles. The van der Waals surface area contributed by atoms with Gasteiger partial charge in [-0.1, -0.05) is 267 Å². The van der Waals surface area contributed by atoms with Gasteiger partial charge in [0.2, 0.25) is 0 Å². The molecule has 1 aromatic heterocycles. The third-order valence-electron chi connectivity index (χ3n) is 18.6. The Kier molecular flexibility index (Phi) is 23.1. The minimum absolute atomic E-state index is 0.0133. The van der Waals surface area contributed by atoms with Crippen molar-refractivity contribution in [3.63, 3.8) is 0 Å². The lowest BCUT2D eigenvalue weighted by atomic mass is 9.86. The lowest BCUT2D eigenvalue weighted by Gasteiger charge is -2.23. The molecular formula is C93H101N5O. The molecule has 1 aliphatic carbocycles. The Bertz CT molecular complexity index is 4600. The number of nitrogens with zero attached hydrogens (tertiary/aromatic N) is 5. The summed E-state index contributed by atoms with van der Waals surface area (Å²) in [6.07, 6.45) is 4.38. The van der Waals surface area contributed by atoms with Crippen LogP contribution in [0.3, 0.4) is 0 Å². The van der Waals surface area contributed by atoms with Crippen molar-refractivity contribution in [3.8, 4) is 11.1 Å². The van der Waals surface area contributed by atoms with Gasteiger partial charge in [0.25, 0.3) is 0 Å². The molecule has 0 atom stereocenters. The number of hydrogen-bond donors (Lipinski definition) is 0. The summed E-state index contributed by atoms with van der Waals surface area (Å²) < 4.78 is 31.1. The van der Waals surface area contributed by atoms with Gasteiger partial charge in [-0.3, -0.25) is 0 Å². The predicted octanol–water partition coefficient (Wildman–Crippen LogP) is 26.3. The Morgan fingerprint density at radius 1 is 0.354 bits per heavy atom. The van der Waals surface area contributed by atoms with E-state index in [1.54, 1.807) is 0 Å². The van der Waals surface area contributed by atoms with Crippen LogP contribution in [0.2, 0.25) is 0 Å². The van der Waals surface area contributed by atoms with Crippen molar-refractivity contribution < 1.29 is 8.53 Å². The van der Waals surface area contributed by atoms with E-state index in [1.165, 1.54) is 68.8 Å². The van der Waals surface area contributed by atoms with Crippen LogP contribution in [0.4, 0.5) is 56.9 Å². The first kappa shape index (κ1) is 67.0. The van der Waals surface area contributed by atoms with Crippen LogP contribution in [0, 0.1) is 6.92 Å². The minimum atomic E-state index is -0.538. The third kappa shape index (κ3) is 18.6. The molecule has 13 aromatic rings. The van der Waals surface area contributed by atoms with Crippen LogP contribution >= 0.6 is 0 Å². The van der Waals surface area contributed by atoms with Crippen LogP contribution in [0.25, 0.3) is 33.1 Å². The van der Waals surface area contributed by atoms with Crippen LogP contribution in [-0.2, 0) is 5.41 Å². The first-order chi connectivity index (χ1) is 48.9. The van der Waals surface area contributed by atoms with E-state index in [0.717, 1.165) is 74.6 Å². The van der Waals surface area contributed by atoms with Gasteiger partial charge in [0.1, 0.15) is 5.58 Å². The van der Waals surface area contributed by atoms with Gasteiger partial charge >= 0.3 is 0 Å². The molecule has 0 radical (unpaired) electrons. The summed E-state index contributed by atoms with van der Waals surface area (Å²) in [5.74, 6) is -1.42. The highest BCUT2D eigenvalue weighted by Gasteiger charge is 2.23.